The van der Waals surface area contributed by atoms with Gasteiger partial charge in [0.2, 0.25) is 0 Å². The third-order valence-electron chi connectivity index (χ3n) is 1.19. The second kappa shape index (κ2) is 6.51. The number of hydrogen-bond acceptors (Lipinski definition) is 5. The van der Waals surface area contributed by atoms with Crippen LogP contribution < -0.4 is 0 Å². The molecule has 0 aromatic rings. The average Bonchev–Trinajstić information content (AvgIpc) is 2.07. The summed E-state index contributed by atoms with van der Waals surface area (Å²) in [6.07, 6.45) is -0.693. The molecule has 68 valence electrons. The Morgan fingerprint density at radius 1 is 1.45 bits per heavy atom. The van der Waals surface area contributed by atoms with E-state index in [1.54, 1.807) is 0 Å². The summed E-state index contributed by atoms with van der Waals surface area (Å²) in [5.41, 5.74) is 0. The summed E-state index contributed by atoms with van der Waals surface area (Å²) in [5.74, 6) is 0. The van der Waals surface area contributed by atoms with Crippen LogP contribution in [0.2, 0.25) is 0 Å². The molecule has 5 nitrogen and oxygen atoms in total. The molecule has 0 aromatic carbocycles. The maximum Gasteiger partial charge on any atom is 0.200 e. The lowest BCUT2D eigenvalue weighted by molar-refractivity contribution is -0.298. The van der Waals surface area contributed by atoms with Gasteiger partial charge in [0.05, 0.1) is 6.61 Å². The summed E-state index contributed by atoms with van der Waals surface area (Å²) in [7, 11) is 1.42. The van der Waals surface area contributed by atoms with Crippen LogP contribution >= 0.6 is 0 Å². The summed E-state index contributed by atoms with van der Waals surface area (Å²) >= 11 is 0. The van der Waals surface area contributed by atoms with Crippen molar-refractivity contribution in [2.24, 2.45) is 0 Å². The van der Waals surface area contributed by atoms with E-state index in [1.165, 1.54) is 12.2 Å². The first-order valence-corrected chi connectivity index (χ1v) is 3.44. The van der Waals surface area contributed by atoms with Gasteiger partial charge >= 0.3 is 0 Å². The molecule has 2 N–H and O–H groups in total. The molecule has 1 unspecified atom stereocenters. The molecule has 0 rings (SSSR count). The van der Waals surface area contributed by atoms with Gasteiger partial charge in [-0.15, -0.1) is 0 Å². The average molecular weight is 165 g/mol. The Balaban J connectivity index is 3.58. The van der Waals surface area contributed by atoms with Crippen LogP contribution in [0.3, 0.4) is 0 Å². The van der Waals surface area contributed by atoms with Crippen molar-refractivity contribution in [3.8, 4) is 0 Å². The van der Waals surface area contributed by atoms with Crippen LogP contribution in [0, 0.1) is 0 Å². The lowest BCUT2D eigenvalue weighted by Crippen LogP contribution is -2.33. The van der Waals surface area contributed by atoms with Crippen LogP contribution in [0.25, 0.3) is 0 Å². The largest absolute Gasteiger partial charge is 0.391 e. The first-order valence-electron chi connectivity index (χ1n) is 3.44. The van der Waals surface area contributed by atoms with Gasteiger partial charge in [0.25, 0.3) is 0 Å². The molecule has 0 spiro atoms. The van der Waals surface area contributed by atoms with Crippen molar-refractivity contribution in [1.82, 2.24) is 5.06 Å². The molecule has 0 aliphatic rings. The highest BCUT2D eigenvalue weighted by atomic mass is 16.8. The van der Waals surface area contributed by atoms with E-state index in [9.17, 15) is 0 Å². The quantitative estimate of drug-likeness (QED) is 0.396. The van der Waals surface area contributed by atoms with Gasteiger partial charge in [0, 0.05) is 13.7 Å². The van der Waals surface area contributed by atoms with Crippen molar-refractivity contribution in [1.29, 1.82) is 0 Å². The van der Waals surface area contributed by atoms with E-state index in [-0.39, 0.29) is 13.3 Å². The Kier molecular flexibility index (Phi) is 6.39. The minimum Gasteiger partial charge on any atom is -0.391 e. The lowest BCUT2D eigenvalue weighted by atomic mass is 10.7. The molecule has 5 heteroatoms. The predicted octanol–water partition coefficient (Wildman–Crippen LogP) is -0.846. The van der Waals surface area contributed by atoms with Crippen LogP contribution in [0.5, 0.6) is 0 Å². The molecule has 0 saturated carbocycles. The van der Waals surface area contributed by atoms with E-state index in [2.05, 4.69) is 0 Å². The van der Waals surface area contributed by atoms with Crippen molar-refractivity contribution in [3.05, 3.63) is 0 Å². The summed E-state index contributed by atoms with van der Waals surface area (Å²) in [6.45, 7) is 1.92. The highest BCUT2D eigenvalue weighted by Gasteiger charge is 2.09. The second-order valence-electron chi connectivity index (χ2n) is 1.89. The molecule has 1 atom stereocenters. The van der Waals surface area contributed by atoms with Crippen LogP contribution in [-0.4, -0.2) is 48.6 Å². The SMILES string of the molecule is CCN(CO)OC(CO)OC. The number of aliphatic hydroxyl groups excluding tert-OH is 2. The van der Waals surface area contributed by atoms with Gasteiger partial charge in [0.15, 0.2) is 6.29 Å². The smallest absolute Gasteiger partial charge is 0.200 e. The van der Waals surface area contributed by atoms with Gasteiger partial charge in [-0.1, -0.05) is 0 Å². The van der Waals surface area contributed by atoms with Crippen LogP contribution in [0.15, 0.2) is 0 Å². The third-order valence-corrected chi connectivity index (χ3v) is 1.19. The molecule has 0 aliphatic heterocycles. The number of nitrogens with zero attached hydrogens (tertiary/aromatic N) is 1. The maximum atomic E-state index is 8.63. The van der Waals surface area contributed by atoms with Crippen molar-refractivity contribution < 1.29 is 19.8 Å². The lowest BCUT2D eigenvalue weighted by Gasteiger charge is -2.21. The highest BCUT2D eigenvalue weighted by Crippen LogP contribution is 1.96. The topological polar surface area (TPSA) is 62.2 Å². The van der Waals surface area contributed by atoms with Gasteiger partial charge < -0.3 is 14.9 Å². The minimum atomic E-state index is -0.693. The molecule has 0 heterocycles. The number of rotatable bonds is 6. The Hall–Kier alpha value is -0.200. The van der Waals surface area contributed by atoms with E-state index in [4.69, 9.17) is 19.8 Å². The van der Waals surface area contributed by atoms with Crippen molar-refractivity contribution in [2.75, 3.05) is 27.0 Å². The second-order valence-corrected chi connectivity index (χ2v) is 1.89. The number of hydrogen-bond donors (Lipinski definition) is 2. The molecule has 11 heavy (non-hydrogen) atoms. The molecular weight excluding hydrogens is 150 g/mol. The van der Waals surface area contributed by atoms with Gasteiger partial charge in [-0.2, -0.15) is 5.06 Å². The number of aliphatic hydroxyl groups is 2. The normalized spacial score (nSPS) is 13.9. The molecule has 0 saturated heterocycles. The third kappa shape index (κ3) is 4.28. The van der Waals surface area contributed by atoms with Crippen molar-refractivity contribution in [3.63, 3.8) is 0 Å². The monoisotopic (exact) mass is 165 g/mol. The van der Waals surface area contributed by atoms with Gasteiger partial charge in [-0.05, 0) is 6.92 Å². The first-order chi connectivity index (χ1) is 5.28. The summed E-state index contributed by atoms with van der Waals surface area (Å²) < 4.78 is 4.71. The molecule has 0 aromatic heterocycles. The van der Waals surface area contributed by atoms with Gasteiger partial charge in [-0.3, -0.25) is 4.84 Å². The number of hydroxylamine groups is 2. The zero-order valence-corrected chi connectivity index (χ0v) is 6.86. The fraction of sp³-hybridized carbons (Fsp3) is 1.00. The molecule has 0 radical (unpaired) electrons. The minimum absolute atomic E-state index is 0.212. The molecule has 0 aliphatic carbocycles. The Labute approximate surface area is 66.1 Å². The standard InChI is InChI=1S/C6H15NO4/c1-3-7(5-9)11-6(4-8)10-2/h6,8-9H,3-5H2,1-2H3. The molecule has 0 bridgehead atoms. The Bertz CT molecular complexity index is 72.7. The van der Waals surface area contributed by atoms with Crippen LogP contribution in [0.4, 0.5) is 0 Å². The van der Waals surface area contributed by atoms with E-state index < -0.39 is 6.29 Å². The van der Waals surface area contributed by atoms with Gasteiger partial charge in [-0.25, -0.2) is 0 Å². The van der Waals surface area contributed by atoms with E-state index in [1.807, 2.05) is 6.92 Å². The molecule has 0 fully saturated rings. The molecule has 0 amide bonds. The number of methoxy groups -OCH3 is 1. The Morgan fingerprint density at radius 3 is 2.36 bits per heavy atom. The van der Waals surface area contributed by atoms with E-state index in [0.29, 0.717) is 6.54 Å². The first kappa shape index (κ1) is 10.8. The predicted molar refractivity (Wildman–Crippen MR) is 38.4 cm³/mol. The highest BCUT2D eigenvalue weighted by molar-refractivity contribution is 4.36. The van der Waals surface area contributed by atoms with Crippen molar-refractivity contribution in [2.45, 2.75) is 13.2 Å². The summed E-state index contributed by atoms with van der Waals surface area (Å²) in [4.78, 5) is 4.96. The summed E-state index contributed by atoms with van der Waals surface area (Å²) in [6, 6.07) is 0. The van der Waals surface area contributed by atoms with E-state index in [0.717, 1.165) is 0 Å². The van der Waals surface area contributed by atoms with Crippen LogP contribution in [0.1, 0.15) is 6.92 Å². The van der Waals surface area contributed by atoms with Crippen molar-refractivity contribution >= 4 is 0 Å². The number of ether oxygens (including phenoxy) is 1. The zero-order chi connectivity index (χ0) is 8.69. The van der Waals surface area contributed by atoms with Gasteiger partial charge in [0.1, 0.15) is 6.73 Å². The zero-order valence-electron chi connectivity index (χ0n) is 6.86. The van der Waals surface area contributed by atoms with Crippen LogP contribution in [-0.2, 0) is 9.57 Å². The fourth-order valence-corrected chi connectivity index (χ4v) is 0.525. The summed E-state index contributed by atoms with van der Waals surface area (Å²) in [5, 5.41) is 18.5. The Morgan fingerprint density at radius 2 is 2.09 bits per heavy atom. The van der Waals surface area contributed by atoms with E-state index >= 15 is 0 Å². The molecular formula is C6H15NO4. The maximum absolute atomic E-state index is 8.63. The fourth-order valence-electron chi connectivity index (χ4n) is 0.525.